The second-order valence-corrected chi connectivity index (χ2v) is 5.42. The molecule has 0 fully saturated rings. The number of aliphatic carboxylic acids is 1. The van der Waals surface area contributed by atoms with Crippen molar-refractivity contribution in [2.24, 2.45) is 0 Å². The molecule has 0 radical (unpaired) electrons. The molecule has 0 aromatic carbocycles. The first-order valence-electron chi connectivity index (χ1n) is 8.43. The Bertz CT molecular complexity index is 425. The fourth-order valence-corrected chi connectivity index (χ4v) is 2.11. The predicted octanol–water partition coefficient (Wildman–Crippen LogP) is 5.26. The van der Waals surface area contributed by atoms with Crippen LogP contribution in [-0.4, -0.2) is 16.0 Å². The summed E-state index contributed by atoms with van der Waals surface area (Å²) in [6.07, 6.45) is 18.3. The Hall–Kier alpha value is -1.91. The van der Waals surface area contributed by atoms with Gasteiger partial charge in [0.1, 0.15) is 0 Å². The lowest BCUT2D eigenvalue weighted by atomic mass is 10.1. The molecule has 0 aromatic rings. The second kappa shape index (κ2) is 15.0. The molecule has 5 nitrogen and oxygen atoms in total. The van der Waals surface area contributed by atoms with E-state index in [4.69, 9.17) is 5.11 Å². The molecule has 0 aliphatic heterocycles. The normalized spacial score (nSPS) is 12.3. The molecule has 0 rings (SSSR count). The maximum Gasteiger partial charge on any atom is 0.303 e. The van der Waals surface area contributed by atoms with E-state index in [1.54, 1.807) is 13.0 Å². The second-order valence-electron chi connectivity index (χ2n) is 5.42. The smallest absolute Gasteiger partial charge is 0.303 e. The minimum Gasteiger partial charge on any atom is -0.481 e. The van der Waals surface area contributed by atoms with Crippen LogP contribution in [0, 0.1) is 10.1 Å². The molecule has 0 spiro atoms. The van der Waals surface area contributed by atoms with Crippen molar-refractivity contribution in [3.05, 3.63) is 46.2 Å². The zero-order valence-electron chi connectivity index (χ0n) is 14.1. The van der Waals surface area contributed by atoms with Crippen LogP contribution in [0.25, 0.3) is 0 Å². The molecule has 0 bridgehead atoms. The van der Waals surface area contributed by atoms with Crippen molar-refractivity contribution in [2.45, 2.75) is 71.1 Å². The van der Waals surface area contributed by atoms with Gasteiger partial charge in [-0.05, 0) is 38.2 Å². The van der Waals surface area contributed by atoms with Crippen molar-refractivity contribution in [1.29, 1.82) is 0 Å². The highest BCUT2D eigenvalue weighted by atomic mass is 16.6. The van der Waals surface area contributed by atoms with E-state index in [0.29, 0.717) is 12.8 Å². The van der Waals surface area contributed by atoms with Gasteiger partial charge in [0, 0.05) is 12.8 Å². The monoisotopic (exact) mass is 323 g/mol. The first kappa shape index (κ1) is 21.1. The average Bonchev–Trinajstić information content (AvgIpc) is 2.50. The molecular weight excluding hydrogens is 294 g/mol. The van der Waals surface area contributed by atoms with E-state index in [1.807, 2.05) is 12.2 Å². The quantitative estimate of drug-likeness (QED) is 0.204. The van der Waals surface area contributed by atoms with E-state index in [2.05, 4.69) is 12.2 Å². The fourth-order valence-electron chi connectivity index (χ4n) is 2.11. The molecule has 0 unspecified atom stereocenters. The standard InChI is InChI=1S/C18H29NO4/c1-2-17(19(22)23)15-13-11-9-7-5-3-4-6-8-10-12-14-16-18(20)21/h3,5,9,11,15H,2,4,6-8,10,12-14,16H2,1H3,(H,20,21)/b5-3-,11-9-,17-15+. The number of unbranched alkanes of at least 4 members (excludes halogenated alkanes) is 5. The molecule has 0 atom stereocenters. The van der Waals surface area contributed by atoms with Crippen molar-refractivity contribution in [1.82, 2.24) is 0 Å². The zero-order chi connectivity index (χ0) is 17.3. The molecule has 0 saturated heterocycles. The van der Waals surface area contributed by atoms with Crippen LogP contribution in [0.1, 0.15) is 71.1 Å². The van der Waals surface area contributed by atoms with Gasteiger partial charge in [0.15, 0.2) is 0 Å². The van der Waals surface area contributed by atoms with Gasteiger partial charge in [0.05, 0.1) is 4.92 Å². The third kappa shape index (κ3) is 14.8. The minimum absolute atomic E-state index is 0.272. The number of nitrogens with zero attached hydrogens (tertiary/aromatic N) is 1. The molecule has 23 heavy (non-hydrogen) atoms. The summed E-state index contributed by atoms with van der Waals surface area (Å²) >= 11 is 0. The molecular formula is C18H29NO4. The molecule has 0 amide bonds. The summed E-state index contributed by atoms with van der Waals surface area (Å²) in [7, 11) is 0. The SMILES string of the molecule is CC/C(=C\C/C=C\C/C=C\CCCCCCCC(=O)O)[N+](=O)[O-]. The van der Waals surface area contributed by atoms with Crippen LogP contribution in [0.5, 0.6) is 0 Å². The maximum atomic E-state index is 10.6. The predicted molar refractivity (Wildman–Crippen MR) is 92.8 cm³/mol. The van der Waals surface area contributed by atoms with Crippen molar-refractivity contribution < 1.29 is 14.8 Å². The Morgan fingerprint density at radius 1 is 1.00 bits per heavy atom. The first-order chi connectivity index (χ1) is 11.1. The summed E-state index contributed by atoms with van der Waals surface area (Å²) in [4.78, 5) is 20.6. The van der Waals surface area contributed by atoms with Crippen LogP contribution in [0.2, 0.25) is 0 Å². The van der Waals surface area contributed by atoms with Crippen LogP contribution >= 0.6 is 0 Å². The van der Waals surface area contributed by atoms with Crippen molar-refractivity contribution in [3.8, 4) is 0 Å². The molecule has 0 aliphatic carbocycles. The molecule has 0 saturated carbocycles. The number of carbonyl (C=O) groups is 1. The fraction of sp³-hybridized carbons (Fsp3) is 0.611. The Kier molecular flexibility index (Phi) is 13.8. The average molecular weight is 323 g/mol. The van der Waals surface area contributed by atoms with Crippen LogP contribution in [0.3, 0.4) is 0 Å². The number of rotatable bonds is 14. The van der Waals surface area contributed by atoms with Crippen LogP contribution in [0.4, 0.5) is 0 Å². The maximum absolute atomic E-state index is 10.6. The summed E-state index contributed by atoms with van der Waals surface area (Å²) in [6.45, 7) is 1.78. The lowest BCUT2D eigenvalue weighted by molar-refractivity contribution is -0.427. The van der Waals surface area contributed by atoms with Gasteiger partial charge in [0.25, 0.3) is 0 Å². The van der Waals surface area contributed by atoms with Gasteiger partial charge >= 0.3 is 5.97 Å². The largest absolute Gasteiger partial charge is 0.481 e. The van der Waals surface area contributed by atoms with Crippen molar-refractivity contribution in [2.75, 3.05) is 0 Å². The number of hydrogen-bond acceptors (Lipinski definition) is 3. The molecule has 0 heterocycles. The summed E-state index contributed by atoms with van der Waals surface area (Å²) < 4.78 is 0. The van der Waals surface area contributed by atoms with E-state index in [1.165, 1.54) is 0 Å². The Morgan fingerprint density at radius 2 is 1.61 bits per heavy atom. The van der Waals surface area contributed by atoms with Gasteiger partial charge in [-0.15, -0.1) is 0 Å². The molecule has 130 valence electrons. The van der Waals surface area contributed by atoms with Gasteiger partial charge in [-0.3, -0.25) is 14.9 Å². The van der Waals surface area contributed by atoms with E-state index < -0.39 is 5.97 Å². The number of carboxylic acids is 1. The third-order valence-corrected chi connectivity index (χ3v) is 3.45. The van der Waals surface area contributed by atoms with Crippen LogP contribution < -0.4 is 0 Å². The molecule has 0 aromatic heterocycles. The zero-order valence-corrected chi connectivity index (χ0v) is 14.1. The van der Waals surface area contributed by atoms with Crippen LogP contribution in [-0.2, 0) is 4.79 Å². The lowest BCUT2D eigenvalue weighted by Crippen LogP contribution is -1.96. The Morgan fingerprint density at radius 3 is 2.26 bits per heavy atom. The topological polar surface area (TPSA) is 80.4 Å². The molecule has 1 N–H and O–H groups in total. The number of nitro groups is 1. The van der Waals surface area contributed by atoms with E-state index in [-0.39, 0.29) is 17.0 Å². The highest BCUT2D eigenvalue weighted by Gasteiger charge is 2.04. The highest BCUT2D eigenvalue weighted by molar-refractivity contribution is 5.66. The highest BCUT2D eigenvalue weighted by Crippen LogP contribution is 2.08. The van der Waals surface area contributed by atoms with Gasteiger partial charge in [0.2, 0.25) is 5.70 Å². The Balaban J connectivity index is 3.52. The molecule has 5 heteroatoms. The van der Waals surface area contributed by atoms with E-state index in [9.17, 15) is 14.9 Å². The van der Waals surface area contributed by atoms with Crippen LogP contribution in [0.15, 0.2) is 36.1 Å². The number of carboxylic acid groups (broad SMARTS) is 1. The third-order valence-electron chi connectivity index (χ3n) is 3.45. The summed E-state index contributed by atoms with van der Waals surface area (Å²) in [6, 6.07) is 0. The van der Waals surface area contributed by atoms with Gasteiger partial charge in [-0.2, -0.15) is 0 Å². The Labute approximate surface area is 138 Å². The van der Waals surface area contributed by atoms with Gasteiger partial charge in [-0.25, -0.2) is 0 Å². The van der Waals surface area contributed by atoms with Crippen molar-refractivity contribution >= 4 is 5.97 Å². The number of hydrogen-bond donors (Lipinski definition) is 1. The number of allylic oxidation sites excluding steroid dienone is 6. The van der Waals surface area contributed by atoms with E-state index in [0.717, 1.165) is 44.9 Å². The van der Waals surface area contributed by atoms with Gasteiger partial charge in [-0.1, -0.05) is 50.5 Å². The minimum atomic E-state index is -0.708. The summed E-state index contributed by atoms with van der Waals surface area (Å²) in [5, 5.41) is 19.1. The summed E-state index contributed by atoms with van der Waals surface area (Å²) in [5.41, 5.74) is 0.272. The lowest BCUT2D eigenvalue weighted by Gasteiger charge is -1.98. The summed E-state index contributed by atoms with van der Waals surface area (Å²) in [5.74, 6) is -0.708. The first-order valence-corrected chi connectivity index (χ1v) is 8.43. The van der Waals surface area contributed by atoms with Crippen molar-refractivity contribution in [3.63, 3.8) is 0 Å². The van der Waals surface area contributed by atoms with E-state index >= 15 is 0 Å². The van der Waals surface area contributed by atoms with Gasteiger partial charge < -0.3 is 5.11 Å². The molecule has 0 aliphatic rings.